The van der Waals surface area contributed by atoms with Gasteiger partial charge in [-0.1, -0.05) is 17.7 Å². The number of thiophene rings is 1. The monoisotopic (exact) mass is 498 g/mol. The van der Waals surface area contributed by atoms with Crippen molar-refractivity contribution in [2.24, 2.45) is 0 Å². The number of aromatic nitrogens is 2. The molecular formula is C24H23ClN4O4S. The molecular weight excluding hydrogens is 476 g/mol. The van der Waals surface area contributed by atoms with Crippen LogP contribution in [0.3, 0.4) is 0 Å². The Bertz CT molecular complexity index is 1310. The average Bonchev–Trinajstić information content (AvgIpc) is 3.56. The standard InChI is InChI=1S/C24H23ClN4O4S/c25-14-4-1-5-15(12-14)29-10-9-18(30)21(28-29)23(32)27-24-20(17-7-2-8-19(17)34-24)22(31)26-13-16-6-3-11-33-16/h1,4-5,9-10,12,16H,2-3,6-8,11,13H2,(H,26,31)(H,27,32)/t16-/m1/s1. The second kappa shape index (κ2) is 9.69. The Morgan fingerprint density at radius 3 is 2.88 bits per heavy atom. The molecule has 1 aliphatic heterocycles. The first-order valence-corrected chi connectivity index (χ1v) is 12.4. The number of rotatable bonds is 6. The van der Waals surface area contributed by atoms with Crippen molar-refractivity contribution in [3.8, 4) is 5.69 Å². The Morgan fingerprint density at radius 2 is 2.09 bits per heavy atom. The van der Waals surface area contributed by atoms with Crippen LogP contribution in [0, 0.1) is 0 Å². The van der Waals surface area contributed by atoms with E-state index in [9.17, 15) is 14.4 Å². The van der Waals surface area contributed by atoms with E-state index in [1.165, 1.54) is 28.3 Å². The van der Waals surface area contributed by atoms with Crippen LogP contribution in [0.1, 0.15) is 50.5 Å². The zero-order valence-electron chi connectivity index (χ0n) is 18.3. The van der Waals surface area contributed by atoms with Crippen molar-refractivity contribution < 1.29 is 14.3 Å². The van der Waals surface area contributed by atoms with Crippen molar-refractivity contribution in [2.45, 2.75) is 38.2 Å². The van der Waals surface area contributed by atoms with E-state index in [2.05, 4.69) is 15.7 Å². The van der Waals surface area contributed by atoms with Gasteiger partial charge in [-0.3, -0.25) is 14.4 Å². The van der Waals surface area contributed by atoms with Gasteiger partial charge < -0.3 is 15.4 Å². The number of ether oxygens (including phenoxy) is 1. The zero-order chi connectivity index (χ0) is 23.7. The third kappa shape index (κ3) is 4.64. The van der Waals surface area contributed by atoms with E-state index in [1.807, 2.05) is 0 Å². The molecule has 2 aromatic heterocycles. The number of fused-ring (bicyclic) bond motifs is 1. The molecule has 176 valence electrons. The summed E-state index contributed by atoms with van der Waals surface area (Å²) >= 11 is 7.45. The van der Waals surface area contributed by atoms with Crippen LogP contribution in [-0.4, -0.2) is 40.9 Å². The largest absolute Gasteiger partial charge is 0.376 e. The number of halogens is 1. The van der Waals surface area contributed by atoms with Gasteiger partial charge in [-0.15, -0.1) is 11.3 Å². The number of carbonyl (C=O) groups excluding carboxylic acids is 2. The maximum atomic E-state index is 13.1. The highest BCUT2D eigenvalue weighted by Crippen LogP contribution is 2.39. The molecule has 3 heterocycles. The van der Waals surface area contributed by atoms with E-state index in [0.29, 0.717) is 34.4 Å². The summed E-state index contributed by atoms with van der Waals surface area (Å²) < 4.78 is 7.02. The van der Waals surface area contributed by atoms with E-state index in [0.717, 1.165) is 42.5 Å². The zero-order valence-corrected chi connectivity index (χ0v) is 19.9. The van der Waals surface area contributed by atoms with Crippen LogP contribution in [0.2, 0.25) is 5.02 Å². The van der Waals surface area contributed by atoms with Crippen LogP contribution >= 0.6 is 22.9 Å². The fourth-order valence-corrected chi connectivity index (χ4v) is 5.79. The van der Waals surface area contributed by atoms with Gasteiger partial charge in [-0.2, -0.15) is 5.10 Å². The van der Waals surface area contributed by atoms with Crippen molar-refractivity contribution in [1.29, 1.82) is 0 Å². The molecule has 2 N–H and O–H groups in total. The molecule has 3 aromatic rings. The Hall–Kier alpha value is -3.01. The van der Waals surface area contributed by atoms with Gasteiger partial charge in [0.15, 0.2) is 5.69 Å². The van der Waals surface area contributed by atoms with E-state index in [-0.39, 0.29) is 17.7 Å². The number of benzene rings is 1. The summed E-state index contributed by atoms with van der Waals surface area (Å²) in [5.74, 6) is -0.892. The molecule has 2 amide bonds. The molecule has 1 aliphatic carbocycles. The SMILES string of the molecule is O=C(NC[C@H]1CCCO1)c1c(NC(=O)c2nn(-c3cccc(Cl)c3)ccc2=O)sc2c1CCC2. The number of anilines is 1. The van der Waals surface area contributed by atoms with Gasteiger partial charge in [0.1, 0.15) is 5.00 Å². The predicted molar refractivity (Wildman–Crippen MR) is 130 cm³/mol. The number of nitrogens with zero attached hydrogens (tertiary/aromatic N) is 2. The molecule has 10 heteroatoms. The first kappa shape index (κ1) is 22.8. The van der Waals surface area contributed by atoms with Crippen molar-refractivity contribution in [3.05, 3.63) is 73.5 Å². The number of aryl methyl sites for hydroxylation is 1. The molecule has 5 rings (SSSR count). The summed E-state index contributed by atoms with van der Waals surface area (Å²) in [5, 5.41) is 10.9. The second-order valence-electron chi connectivity index (χ2n) is 8.31. The minimum absolute atomic E-state index is 0.0205. The van der Waals surface area contributed by atoms with E-state index >= 15 is 0 Å². The second-order valence-corrected chi connectivity index (χ2v) is 9.86. The Kier molecular flexibility index (Phi) is 6.49. The van der Waals surface area contributed by atoms with Crippen LogP contribution in [0.25, 0.3) is 5.69 Å². The summed E-state index contributed by atoms with van der Waals surface area (Å²) in [4.78, 5) is 39.7. The van der Waals surface area contributed by atoms with Crippen LogP contribution in [0.5, 0.6) is 0 Å². The van der Waals surface area contributed by atoms with Gasteiger partial charge in [0.25, 0.3) is 11.8 Å². The van der Waals surface area contributed by atoms with Gasteiger partial charge in [-0.25, -0.2) is 4.68 Å². The quantitative estimate of drug-likeness (QED) is 0.540. The Labute approximate surface area is 204 Å². The lowest BCUT2D eigenvalue weighted by Gasteiger charge is -2.13. The topological polar surface area (TPSA) is 102 Å². The van der Waals surface area contributed by atoms with Gasteiger partial charge >= 0.3 is 0 Å². The van der Waals surface area contributed by atoms with Crippen LogP contribution in [-0.2, 0) is 17.6 Å². The summed E-state index contributed by atoms with van der Waals surface area (Å²) in [6.45, 7) is 1.15. The Balaban J connectivity index is 1.40. The van der Waals surface area contributed by atoms with Crippen molar-refractivity contribution in [2.75, 3.05) is 18.5 Å². The smallest absolute Gasteiger partial charge is 0.280 e. The van der Waals surface area contributed by atoms with E-state index in [4.69, 9.17) is 16.3 Å². The van der Waals surface area contributed by atoms with Crippen molar-refractivity contribution in [1.82, 2.24) is 15.1 Å². The molecule has 0 radical (unpaired) electrons. The highest BCUT2D eigenvalue weighted by molar-refractivity contribution is 7.17. The fraction of sp³-hybridized carbons (Fsp3) is 0.333. The third-order valence-electron chi connectivity index (χ3n) is 5.99. The van der Waals surface area contributed by atoms with Gasteiger partial charge in [0.2, 0.25) is 5.43 Å². The van der Waals surface area contributed by atoms with Crippen molar-refractivity contribution in [3.63, 3.8) is 0 Å². The first-order valence-electron chi connectivity index (χ1n) is 11.2. The number of amides is 2. The maximum Gasteiger partial charge on any atom is 0.280 e. The summed E-state index contributed by atoms with van der Waals surface area (Å²) in [6.07, 6.45) is 6.05. The van der Waals surface area contributed by atoms with Gasteiger partial charge in [0, 0.05) is 35.3 Å². The molecule has 1 saturated heterocycles. The normalized spacial score (nSPS) is 16.9. The molecule has 0 unspecified atom stereocenters. The van der Waals surface area contributed by atoms with Gasteiger partial charge in [0.05, 0.1) is 17.4 Å². The molecule has 1 aromatic carbocycles. The number of hydrogen-bond acceptors (Lipinski definition) is 6. The summed E-state index contributed by atoms with van der Waals surface area (Å²) in [5.41, 5.74) is 1.30. The molecule has 0 spiro atoms. The Morgan fingerprint density at radius 1 is 1.21 bits per heavy atom. The highest BCUT2D eigenvalue weighted by atomic mass is 35.5. The van der Waals surface area contributed by atoms with Crippen LogP contribution in [0.4, 0.5) is 5.00 Å². The van der Waals surface area contributed by atoms with Crippen LogP contribution < -0.4 is 16.1 Å². The molecule has 0 saturated carbocycles. The molecule has 1 fully saturated rings. The predicted octanol–water partition coefficient (Wildman–Crippen LogP) is 3.60. The minimum Gasteiger partial charge on any atom is -0.376 e. The summed E-state index contributed by atoms with van der Waals surface area (Å²) in [7, 11) is 0. The lowest BCUT2D eigenvalue weighted by molar-refractivity contribution is 0.0858. The molecule has 1 atom stereocenters. The number of carbonyl (C=O) groups is 2. The van der Waals surface area contributed by atoms with Crippen molar-refractivity contribution >= 4 is 39.8 Å². The lowest BCUT2D eigenvalue weighted by Crippen LogP contribution is -2.33. The van der Waals surface area contributed by atoms with E-state index < -0.39 is 11.3 Å². The number of nitrogens with one attached hydrogen (secondary N) is 2. The lowest BCUT2D eigenvalue weighted by atomic mass is 10.1. The minimum atomic E-state index is -0.658. The molecule has 34 heavy (non-hydrogen) atoms. The number of hydrogen-bond donors (Lipinski definition) is 2. The van der Waals surface area contributed by atoms with E-state index in [1.54, 1.807) is 24.3 Å². The highest BCUT2D eigenvalue weighted by Gasteiger charge is 2.29. The van der Waals surface area contributed by atoms with Gasteiger partial charge in [-0.05, 0) is 55.9 Å². The third-order valence-corrected chi connectivity index (χ3v) is 7.43. The van der Waals surface area contributed by atoms with Crippen LogP contribution in [0.15, 0.2) is 41.3 Å². The summed E-state index contributed by atoms with van der Waals surface area (Å²) in [6, 6.07) is 8.22. The first-order chi connectivity index (χ1) is 16.5. The molecule has 0 bridgehead atoms. The average molecular weight is 499 g/mol. The molecule has 2 aliphatic rings. The molecule has 8 nitrogen and oxygen atoms in total. The fourth-order valence-electron chi connectivity index (χ4n) is 4.32. The maximum absolute atomic E-state index is 13.1.